The van der Waals surface area contributed by atoms with Gasteiger partial charge in [0.15, 0.2) is 5.11 Å². The van der Waals surface area contributed by atoms with Gasteiger partial charge in [0, 0.05) is 43.6 Å². The molecule has 1 heterocycles. The molecule has 0 atom stereocenters. The highest BCUT2D eigenvalue weighted by molar-refractivity contribution is 7.80. The lowest BCUT2D eigenvalue weighted by atomic mass is 10.1. The van der Waals surface area contributed by atoms with Crippen LogP contribution in [0.25, 0.3) is 0 Å². The molecule has 0 unspecified atom stereocenters. The maximum absolute atomic E-state index is 11.7. The molecule has 1 fully saturated rings. The minimum Gasteiger partial charge on any atom is -0.450 e. The first kappa shape index (κ1) is 20.3. The Kier molecular flexibility index (Phi) is 7.97. The SMILES string of the molecule is CCOC(=O)N1CCC(NC(=S)Nc2ccc(N(CC)CC)cc2)CC1. The van der Waals surface area contributed by atoms with Crippen molar-refractivity contribution in [3.05, 3.63) is 24.3 Å². The predicted molar refractivity (Wildman–Crippen MR) is 111 cm³/mol. The number of carbonyl (C=O) groups is 1. The van der Waals surface area contributed by atoms with Gasteiger partial charge in [0.1, 0.15) is 0 Å². The number of piperidine rings is 1. The van der Waals surface area contributed by atoms with Crippen molar-refractivity contribution in [1.29, 1.82) is 0 Å². The number of nitrogens with zero attached hydrogens (tertiary/aromatic N) is 2. The van der Waals surface area contributed by atoms with Gasteiger partial charge in [-0.15, -0.1) is 0 Å². The maximum atomic E-state index is 11.7. The first-order valence-corrected chi connectivity index (χ1v) is 9.82. The number of hydrogen-bond acceptors (Lipinski definition) is 4. The summed E-state index contributed by atoms with van der Waals surface area (Å²) in [5.74, 6) is 0. The van der Waals surface area contributed by atoms with Gasteiger partial charge in [0.05, 0.1) is 6.61 Å². The summed E-state index contributed by atoms with van der Waals surface area (Å²) >= 11 is 5.43. The molecule has 1 aliphatic rings. The monoisotopic (exact) mass is 378 g/mol. The smallest absolute Gasteiger partial charge is 0.409 e. The molecule has 0 aliphatic carbocycles. The van der Waals surface area contributed by atoms with Crippen LogP contribution in [0.4, 0.5) is 16.2 Å². The second-order valence-electron chi connectivity index (χ2n) is 6.28. The van der Waals surface area contributed by atoms with E-state index in [0.29, 0.717) is 24.8 Å². The molecule has 1 aromatic rings. The van der Waals surface area contributed by atoms with Crippen molar-refractivity contribution in [3.63, 3.8) is 0 Å². The fourth-order valence-corrected chi connectivity index (χ4v) is 3.40. The predicted octanol–water partition coefficient (Wildman–Crippen LogP) is 3.44. The highest BCUT2D eigenvalue weighted by Crippen LogP contribution is 2.18. The van der Waals surface area contributed by atoms with Crippen LogP contribution in [0.2, 0.25) is 0 Å². The normalized spacial score (nSPS) is 14.7. The topological polar surface area (TPSA) is 56.8 Å². The quantitative estimate of drug-likeness (QED) is 0.740. The molecule has 1 amide bonds. The molecule has 1 aliphatic heterocycles. The third kappa shape index (κ3) is 5.76. The van der Waals surface area contributed by atoms with E-state index in [4.69, 9.17) is 17.0 Å². The van der Waals surface area contributed by atoms with Crippen LogP contribution < -0.4 is 15.5 Å². The van der Waals surface area contributed by atoms with Gasteiger partial charge < -0.3 is 25.2 Å². The summed E-state index contributed by atoms with van der Waals surface area (Å²) in [6.45, 7) is 9.92. The molecule has 0 radical (unpaired) electrons. The van der Waals surface area contributed by atoms with E-state index in [9.17, 15) is 4.79 Å². The van der Waals surface area contributed by atoms with E-state index < -0.39 is 0 Å². The minimum absolute atomic E-state index is 0.222. The average Bonchev–Trinajstić information content (AvgIpc) is 2.65. The van der Waals surface area contributed by atoms with Gasteiger partial charge in [0.25, 0.3) is 0 Å². The molecular formula is C19H30N4O2S. The number of carbonyl (C=O) groups excluding carboxylic acids is 1. The van der Waals surface area contributed by atoms with E-state index >= 15 is 0 Å². The Bertz CT molecular complexity index is 582. The van der Waals surface area contributed by atoms with Gasteiger partial charge in [0.2, 0.25) is 0 Å². The zero-order valence-corrected chi connectivity index (χ0v) is 16.8. The summed E-state index contributed by atoms with van der Waals surface area (Å²) in [6, 6.07) is 8.58. The van der Waals surface area contributed by atoms with Crippen molar-refractivity contribution in [1.82, 2.24) is 10.2 Å². The van der Waals surface area contributed by atoms with Gasteiger partial charge in [-0.3, -0.25) is 0 Å². The third-order valence-corrected chi connectivity index (χ3v) is 4.83. The zero-order chi connectivity index (χ0) is 18.9. The Balaban J connectivity index is 1.78. The van der Waals surface area contributed by atoms with Crippen molar-refractivity contribution in [2.24, 2.45) is 0 Å². The molecule has 0 bridgehead atoms. The van der Waals surface area contributed by atoms with Gasteiger partial charge >= 0.3 is 6.09 Å². The first-order chi connectivity index (χ1) is 12.6. The summed E-state index contributed by atoms with van der Waals surface area (Å²) in [5, 5.41) is 7.21. The Labute approximate surface area is 161 Å². The van der Waals surface area contributed by atoms with E-state index in [1.54, 1.807) is 4.90 Å². The number of benzene rings is 1. The van der Waals surface area contributed by atoms with Gasteiger partial charge in [-0.2, -0.15) is 0 Å². The van der Waals surface area contributed by atoms with E-state index in [-0.39, 0.29) is 12.1 Å². The number of nitrogens with one attached hydrogen (secondary N) is 2. The van der Waals surface area contributed by atoms with Gasteiger partial charge in [-0.25, -0.2) is 4.79 Å². The number of thiocarbonyl (C=S) groups is 1. The van der Waals surface area contributed by atoms with Crippen LogP contribution >= 0.6 is 12.2 Å². The molecular weight excluding hydrogens is 348 g/mol. The molecule has 0 spiro atoms. The number of amides is 1. The van der Waals surface area contributed by atoms with Crippen LogP contribution in [-0.4, -0.2) is 54.9 Å². The van der Waals surface area contributed by atoms with Gasteiger partial charge in [-0.1, -0.05) is 0 Å². The number of hydrogen-bond donors (Lipinski definition) is 2. The second-order valence-corrected chi connectivity index (χ2v) is 6.69. The Morgan fingerprint density at radius 2 is 1.81 bits per heavy atom. The van der Waals surface area contributed by atoms with E-state index in [1.807, 2.05) is 19.1 Å². The van der Waals surface area contributed by atoms with Gasteiger partial charge in [-0.05, 0) is 70.1 Å². The van der Waals surface area contributed by atoms with E-state index in [0.717, 1.165) is 31.6 Å². The third-order valence-electron chi connectivity index (χ3n) is 4.61. The second kappa shape index (κ2) is 10.2. The Morgan fingerprint density at radius 3 is 2.35 bits per heavy atom. The Morgan fingerprint density at radius 1 is 1.19 bits per heavy atom. The van der Waals surface area contributed by atoms with Crippen molar-refractivity contribution in [2.45, 2.75) is 39.7 Å². The number of likely N-dealkylation sites (tertiary alicyclic amines) is 1. The lowest BCUT2D eigenvalue weighted by Crippen LogP contribution is -2.47. The summed E-state index contributed by atoms with van der Waals surface area (Å²) in [6.07, 6.45) is 1.50. The molecule has 2 N–H and O–H groups in total. The zero-order valence-electron chi connectivity index (χ0n) is 16.0. The molecule has 0 aromatic heterocycles. The molecule has 2 rings (SSSR count). The van der Waals surface area contributed by atoms with Crippen LogP contribution in [0.1, 0.15) is 33.6 Å². The van der Waals surface area contributed by atoms with Crippen molar-refractivity contribution < 1.29 is 9.53 Å². The average molecular weight is 379 g/mol. The van der Waals surface area contributed by atoms with E-state index in [2.05, 4.69) is 41.5 Å². The molecule has 1 saturated heterocycles. The maximum Gasteiger partial charge on any atom is 0.409 e. The lowest BCUT2D eigenvalue weighted by molar-refractivity contribution is 0.0964. The summed E-state index contributed by atoms with van der Waals surface area (Å²) < 4.78 is 5.04. The molecule has 0 saturated carbocycles. The minimum atomic E-state index is -0.222. The lowest BCUT2D eigenvalue weighted by Gasteiger charge is -2.32. The molecule has 1 aromatic carbocycles. The fourth-order valence-electron chi connectivity index (χ4n) is 3.12. The highest BCUT2D eigenvalue weighted by atomic mass is 32.1. The van der Waals surface area contributed by atoms with Crippen LogP contribution in [0, 0.1) is 0 Å². The van der Waals surface area contributed by atoms with Crippen molar-refractivity contribution in [3.8, 4) is 0 Å². The molecule has 144 valence electrons. The van der Waals surface area contributed by atoms with Crippen LogP contribution in [0.5, 0.6) is 0 Å². The summed E-state index contributed by atoms with van der Waals surface area (Å²) in [7, 11) is 0. The first-order valence-electron chi connectivity index (χ1n) is 9.41. The number of rotatable bonds is 6. The largest absolute Gasteiger partial charge is 0.450 e. The molecule has 6 nitrogen and oxygen atoms in total. The van der Waals surface area contributed by atoms with E-state index in [1.165, 1.54) is 5.69 Å². The molecule has 26 heavy (non-hydrogen) atoms. The summed E-state index contributed by atoms with van der Waals surface area (Å²) in [4.78, 5) is 15.8. The van der Waals surface area contributed by atoms with Crippen LogP contribution in [-0.2, 0) is 4.74 Å². The van der Waals surface area contributed by atoms with Crippen LogP contribution in [0.15, 0.2) is 24.3 Å². The Hall–Kier alpha value is -2.02. The summed E-state index contributed by atoms with van der Waals surface area (Å²) in [5.41, 5.74) is 2.19. The van der Waals surface area contributed by atoms with Crippen LogP contribution in [0.3, 0.4) is 0 Å². The highest BCUT2D eigenvalue weighted by Gasteiger charge is 2.23. The van der Waals surface area contributed by atoms with Crippen molar-refractivity contribution in [2.75, 3.05) is 43.0 Å². The number of anilines is 2. The fraction of sp³-hybridized carbons (Fsp3) is 0.579. The number of ether oxygens (including phenoxy) is 1. The molecule has 7 heteroatoms. The van der Waals surface area contributed by atoms with Crippen molar-refractivity contribution >= 4 is 34.8 Å². The standard InChI is InChI=1S/C19H30N4O2S/c1-4-22(5-2)17-9-7-15(8-10-17)20-18(26)21-16-11-13-23(14-12-16)19(24)25-6-3/h7-10,16H,4-6,11-14H2,1-3H3,(H2,20,21,26).